The molecule has 0 aliphatic heterocycles. The standard InChI is InChI=1S/C29H23Cl4F3N4O4S/c1-2-45(42,43)19-6-4-18(5-7-19)40(15-29(34,35)36)14-24(41)37-17-12-22(32)25(23(33)13-17)28(9-10-28)27-38-26(44-39-27)20-8-3-16(30)11-21(20)31/h3-8,11-13H,2,9-10,14-15H2,1H3,(H,37,41). The van der Waals surface area contributed by atoms with E-state index in [1.807, 2.05) is 0 Å². The fourth-order valence-electron chi connectivity index (χ4n) is 4.86. The van der Waals surface area contributed by atoms with E-state index in [1.54, 1.807) is 18.2 Å². The van der Waals surface area contributed by atoms with Crippen LogP contribution in [0.25, 0.3) is 11.5 Å². The molecule has 238 valence electrons. The second-order valence-corrected chi connectivity index (χ2v) is 14.3. The van der Waals surface area contributed by atoms with Gasteiger partial charge in [0, 0.05) is 32.0 Å². The van der Waals surface area contributed by atoms with Gasteiger partial charge in [-0.1, -0.05) is 58.5 Å². The normalized spacial score (nSPS) is 14.3. The Bertz CT molecular complexity index is 1840. The third-order valence-electron chi connectivity index (χ3n) is 7.22. The summed E-state index contributed by atoms with van der Waals surface area (Å²) >= 11 is 25.6. The number of carbonyl (C=O) groups is 1. The van der Waals surface area contributed by atoms with Crippen molar-refractivity contribution < 1.29 is 30.9 Å². The number of sulfone groups is 1. The van der Waals surface area contributed by atoms with E-state index < -0.39 is 40.4 Å². The number of hydrogen-bond acceptors (Lipinski definition) is 7. The Kier molecular flexibility index (Phi) is 9.36. The van der Waals surface area contributed by atoms with Crippen LogP contribution < -0.4 is 10.2 Å². The van der Waals surface area contributed by atoms with E-state index in [9.17, 15) is 26.4 Å². The lowest BCUT2D eigenvalue weighted by molar-refractivity contribution is -0.122. The molecule has 45 heavy (non-hydrogen) atoms. The SMILES string of the molecule is CCS(=O)(=O)c1ccc(N(CC(=O)Nc2cc(Cl)c(C3(c4noc(-c5ccc(Cl)cc5Cl)n4)CC3)c(Cl)c2)CC(F)(F)F)cc1. The van der Waals surface area contributed by atoms with Crippen LogP contribution in [0.15, 0.2) is 64.0 Å². The van der Waals surface area contributed by atoms with E-state index >= 15 is 0 Å². The molecule has 3 aromatic carbocycles. The topological polar surface area (TPSA) is 105 Å². The summed E-state index contributed by atoms with van der Waals surface area (Å²) < 4.78 is 69.9. The minimum atomic E-state index is -4.64. The Balaban J connectivity index is 1.35. The molecule has 1 aliphatic carbocycles. The molecule has 4 aromatic rings. The molecule has 0 atom stereocenters. The number of carbonyl (C=O) groups excluding carboxylic acids is 1. The average molecular weight is 722 g/mol. The van der Waals surface area contributed by atoms with Gasteiger partial charge in [0.25, 0.3) is 5.89 Å². The van der Waals surface area contributed by atoms with Crippen molar-refractivity contribution in [2.24, 2.45) is 0 Å². The maximum atomic E-state index is 13.4. The number of amides is 1. The summed E-state index contributed by atoms with van der Waals surface area (Å²) in [4.78, 5) is 18.2. The molecular weight excluding hydrogens is 699 g/mol. The molecule has 16 heteroatoms. The molecule has 5 rings (SSSR count). The first-order valence-corrected chi connectivity index (χ1v) is 16.5. The van der Waals surface area contributed by atoms with Crippen LogP contribution in [0.4, 0.5) is 24.5 Å². The number of aromatic nitrogens is 2. The van der Waals surface area contributed by atoms with Gasteiger partial charge < -0.3 is 14.7 Å². The summed E-state index contributed by atoms with van der Waals surface area (Å²) in [5.41, 5.74) is 0.427. The Hall–Kier alpha value is -3.03. The summed E-state index contributed by atoms with van der Waals surface area (Å²) in [6, 6.07) is 12.6. The Labute approximate surface area is 276 Å². The highest BCUT2D eigenvalue weighted by Gasteiger charge is 2.52. The van der Waals surface area contributed by atoms with Crippen LogP contribution in [0, 0.1) is 0 Å². The number of nitrogens with zero attached hydrogens (tertiary/aromatic N) is 3. The second kappa shape index (κ2) is 12.6. The molecule has 0 bridgehead atoms. The lowest BCUT2D eigenvalue weighted by Crippen LogP contribution is -2.39. The van der Waals surface area contributed by atoms with Gasteiger partial charge >= 0.3 is 6.18 Å². The van der Waals surface area contributed by atoms with Crippen LogP contribution in [0.5, 0.6) is 0 Å². The highest BCUT2D eigenvalue weighted by molar-refractivity contribution is 7.91. The second-order valence-electron chi connectivity index (χ2n) is 10.4. The minimum absolute atomic E-state index is 0.0129. The van der Waals surface area contributed by atoms with Gasteiger partial charge in [0.15, 0.2) is 15.7 Å². The smallest absolute Gasteiger partial charge is 0.353 e. The molecule has 0 unspecified atom stereocenters. The van der Waals surface area contributed by atoms with E-state index in [0.29, 0.717) is 39.8 Å². The van der Waals surface area contributed by atoms with Gasteiger partial charge in [0.1, 0.15) is 6.54 Å². The Morgan fingerprint density at radius 3 is 2.20 bits per heavy atom. The molecular formula is C29H23Cl4F3N4O4S. The maximum absolute atomic E-state index is 13.4. The van der Waals surface area contributed by atoms with Crippen LogP contribution in [-0.4, -0.2) is 49.5 Å². The summed E-state index contributed by atoms with van der Waals surface area (Å²) in [6.45, 7) is -0.685. The monoisotopic (exact) mass is 720 g/mol. The Morgan fingerprint density at radius 1 is 1.00 bits per heavy atom. The number of halogens is 7. The highest BCUT2D eigenvalue weighted by Crippen LogP contribution is 2.57. The molecule has 1 heterocycles. The van der Waals surface area contributed by atoms with Crippen molar-refractivity contribution in [1.82, 2.24) is 10.1 Å². The van der Waals surface area contributed by atoms with Gasteiger partial charge in [0.2, 0.25) is 5.91 Å². The van der Waals surface area contributed by atoms with Gasteiger partial charge in [-0.25, -0.2) is 8.42 Å². The first kappa shape index (κ1) is 33.3. The lowest BCUT2D eigenvalue weighted by Gasteiger charge is -2.26. The van der Waals surface area contributed by atoms with E-state index in [0.717, 1.165) is 4.90 Å². The fraction of sp³-hybridized carbons (Fsp3) is 0.276. The van der Waals surface area contributed by atoms with Crippen molar-refractivity contribution in [3.05, 3.63) is 86.1 Å². The van der Waals surface area contributed by atoms with Crippen molar-refractivity contribution in [1.29, 1.82) is 0 Å². The third kappa shape index (κ3) is 7.36. The average Bonchev–Trinajstić information content (AvgIpc) is 3.58. The van der Waals surface area contributed by atoms with Crippen molar-refractivity contribution in [3.63, 3.8) is 0 Å². The van der Waals surface area contributed by atoms with E-state index in [4.69, 9.17) is 50.9 Å². The molecule has 0 saturated heterocycles. The van der Waals surface area contributed by atoms with Gasteiger partial charge in [-0.3, -0.25) is 4.79 Å². The molecule has 1 aromatic heterocycles. The quantitative estimate of drug-likeness (QED) is 0.176. The molecule has 1 N–H and O–H groups in total. The van der Waals surface area contributed by atoms with E-state index in [2.05, 4.69) is 15.5 Å². The predicted molar refractivity (Wildman–Crippen MR) is 167 cm³/mol. The van der Waals surface area contributed by atoms with Gasteiger partial charge in [-0.2, -0.15) is 18.2 Å². The van der Waals surface area contributed by atoms with Crippen molar-refractivity contribution in [2.45, 2.75) is 36.3 Å². The first-order valence-electron chi connectivity index (χ1n) is 13.4. The maximum Gasteiger partial charge on any atom is 0.405 e. The van der Waals surface area contributed by atoms with Crippen molar-refractivity contribution in [2.75, 3.05) is 29.1 Å². The highest BCUT2D eigenvalue weighted by atomic mass is 35.5. The van der Waals surface area contributed by atoms with Crippen LogP contribution in [-0.2, 0) is 20.0 Å². The molecule has 1 aliphatic rings. The van der Waals surface area contributed by atoms with Gasteiger partial charge in [-0.15, -0.1) is 0 Å². The molecule has 8 nitrogen and oxygen atoms in total. The van der Waals surface area contributed by atoms with Crippen LogP contribution in [0.2, 0.25) is 20.1 Å². The third-order valence-corrected chi connectivity index (χ3v) is 10.1. The summed E-state index contributed by atoms with van der Waals surface area (Å²) in [6.07, 6.45) is -3.43. The first-order chi connectivity index (χ1) is 21.1. The summed E-state index contributed by atoms with van der Waals surface area (Å²) in [7, 11) is -3.56. The van der Waals surface area contributed by atoms with Gasteiger partial charge in [-0.05, 0) is 67.4 Å². The molecule has 1 amide bonds. The number of nitrogens with one attached hydrogen (secondary N) is 1. The fourth-order valence-corrected chi connectivity index (χ4v) is 7.09. The zero-order valence-corrected chi connectivity index (χ0v) is 27.1. The number of alkyl halides is 3. The number of anilines is 2. The largest absolute Gasteiger partial charge is 0.405 e. The number of benzene rings is 3. The molecule has 0 radical (unpaired) electrons. The van der Waals surface area contributed by atoms with Crippen molar-refractivity contribution >= 4 is 73.5 Å². The minimum Gasteiger partial charge on any atom is -0.353 e. The van der Waals surface area contributed by atoms with E-state index in [1.165, 1.54) is 43.3 Å². The molecule has 0 spiro atoms. The van der Waals surface area contributed by atoms with Crippen molar-refractivity contribution in [3.8, 4) is 11.5 Å². The van der Waals surface area contributed by atoms with Crippen LogP contribution in [0.3, 0.4) is 0 Å². The molecule has 1 saturated carbocycles. The number of hydrogen-bond donors (Lipinski definition) is 1. The van der Waals surface area contributed by atoms with Crippen LogP contribution >= 0.6 is 46.4 Å². The number of rotatable bonds is 10. The van der Waals surface area contributed by atoms with Gasteiger partial charge in [0.05, 0.1) is 33.2 Å². The molecule has 1 fully saturated rings. The summed E-state index contributed by atoms with van der Waals surface area (Å²) in [5, 5.41) is 7.82. The van der Waals surface area contributed by atoms with Crippen LogP contribution in [0.1, 0.15) is 31.2 Å². The predicted octanol–water partition coefficient (Wildman–Crippen LogP) is 8.23. The zero-order valence-electron chi connectivity index (χ0n) is 23.3. The Morgan fingerprint density at radius 2 is 1.64 bits per heavy atom. The summed E-state index contributed by atoms with van der Waals surface area (Å²) in [5.74, 6) is -0.433. The zero-order chi connectivity index (χ0) is 32.7. The lowest BCUT2D eigenvalue weighted by atomic mass is 9.94. The van der Waals surface area contributed by atoms with E-state index in [-0.39, 0.29) is 38.0 Å².